The average Bonchev–Trinajstić information content (AvgIpc) is 1.67. The van der Waals surface area contributed by atoms with Gasteiger partial charge in [-0.3, -0.25) is 4.48 Å². The third-order valence-corrected chi connectivity index (χ3v) is 0.882. The van der Waals surface area contributed by atoms with Crippen LogP contribution in [0.3, 0.4) is 0 Å². The van der Waals surface area contributed by atoms with Crippen LogP contribution in [-0.2, 0) is 0 Å². The summed E-state index contributed by atoms with van der Waals surface area (Å²) in [6.07, 6.45) is 0. The van der Waals surface area contributed by atoms with Crippen LogP contribution in [0, 0.1) is 11.3 Å². The Kier molecular flexibility index (Phi) is 2.46. The van der Waals surface area contributed by atoms with Gasteiger partial charge in [0.1, 0.15) is 6.07 Å². The molecule has 0 aromatic carbocycles. The van der Waals surface area contributed by atoms with Crippen molar-refractivity contribution in [2.75, 3.05) is 27.4 Å². The van der Waals surface area contributed by atoms with E-state index in [1.165, 1.54) is 0 Å². The summed E-state index contributed by atoms with van der Waals surface area (Å²) in [5, 5.41) is 16.7. The van der Waals surface area contributed by atoms with Crippen molar-refractivity contribution in [1.29, 1.82) is 5.26 Å². The molecule has 0 rings (SSSR count). The fourth-order valence-corrected chi connectivity index (χ4v) is 0.241. The molecule has 0 unspecified atom stereocenters. The van der Waals surface area contributed by atoms with E-state index in [1.54, 1.807) is 14.1 Å². The zero-order chi connectivity index (χ0) is 6.62. The van der Waals surface area contributed by atoms with Crippen LogP contribution in [0.15, 0.2) is 0 Å². The second-order valence-electron chi connectivity index (χ2n) is 2.39. The van der Waals surface area contributed by atoms with Crippen LogP contribution in [0.2, 0.25) is 0 Å². The Hall–Kier alpha value is -0.590. The van der Waals surface area contributed by atoms with Crippen molar-refractivity contribution >= 4 is 0 Å². The number of aliphatic hydroxyl groups is 1. The molecular formula is C5H11N2O+. The lowest BCUT2D eigenvalue weighted by Crippen LogP contribution is -2.40. The molecule has 0 aromatic rings. The van der Waals surface area contributed by atoms with Crippen LogP contribution < -0.4 is 0 Å². The Morgan fingerprint density at radius 3 is 2.25 bits per heavy atom. The largest absolute Gasteiger partial charge is 0.347 e. The van der Waals surface area contributed by atoms with Crippen molar-refractivity contribution in [3.63, 3.8) is 0 Å². The number of nitrogens with zero attached hydrogens (tertiary/aromatic N) is 2. The minimum atomic E-state index is 0.0214. The van der Waals surface area contributed by atoms with Gasteiger partial charge in [0.15, 0.2) is 13.3 Å². The van der Waals surface area contributed by atoms with Gasteiger partial charge in [-0.25, -0.2) is 0 Å². The summed E-state index contributed by atoms with van der Waals surface area (Å²) in [5.74, 6) is 0. The van der Waals surface area contributed by atoms with Gasteiger partial charge >= 0.3 is 0 Å². The maximum Gasteiger partial charge on any atom is 0.180 e. The molecule has 8 heavy (non-hydrogen) atoms. The van der Waals surface area contributed by atoms with E-state index in [2.05, 4.69) is 0 Å². The standard InChI is InChI=1S/C5H11N2O/c1-7(2,5-8)4-3-6/h8H,4-5H2,1-2H3/q+1. The highest BCUT2D eigenvalue weighted by molar-refractivity contribution is 4.66. The third kappa shape index (κ3) is 2.56. The van der Waals surface area contributed by atoms with Crippen LogP contribution >= 0.6 is 0 Å². The summed E-state index contributed by atoms with van der Waals surface area (Å²) in [7, 11) is 3.59. The lowest BCUT2D eigenvalue weighted by atomic mass is 10.5. The molecule has 0 saturated carbocycles. The van der Waals surface area contributed by atoms with Crippen LogP contribution in [-0.4, -0.2) is 37.0 Å². The SMILES string of the molecule is C[N+](C)(CO)CC#N. The zero-order valence-electron chi connectivity index (χ0n) is 5.26. The topological polar surface area (TPSA) is 44.0 Å². The number of rotatable bonds is 2. The number of aliphatic hydroxyl groups excluding tert-OH is 1. The predicted octanol–water partition coefficient (Wildman–Crippen LogP) is -0.464. The molecule has 3 heteroatoms. The van der Waals surface area contributed by atoms with Gasteiger partial charge in [-0.05, 0) is 0 Å². The first-order chi connectivity index (χ1) is 3.62. The summed E-state index contributed by atoms with van der Waals surface area (Å²) >= 11 is 0. The molecule has 1 N–H and O–H groups in total. The molecule has 0 heterocycles. The highest BCUT2D eigenvalue weighted by Crippen LogP contribution is 1.89. The van der Waals surface area contributed by atoms with Gasteiger partial charge in [-0.2, -0.15) is 5.26 Å². The minimum absolute atomic E-state index is 0.0214. The average molecular weight is 115 g/mol. The van der Waals surface area contributed by atoms with Gasteiger partial charge in [-0.1, -0.05) is 0 Å². The second kappa shape index (κ2) is 2.65. The molecule has 0 atom stereocenters. The van der Waals surface area contributed by atoms with Crippen molar-refractivity contribution in [1.82, 2.24) is 0 Å². The van der Waals surface area contributed by atoms with Crippen molar-refractivity contribution < 1.29 is 9.59 Å². The molecular weight excluding hydrogens is 104 g/mol. The molecule has 0 fully saturated rings. The zero-order valence-corrected chi connectivity index (χ0v) is 5.26. The lowest BCUT2D eigenvalue weighted by molar-refractivity contribution is -0.902. The van der Waals surface area contributed by atoms with Crippen molar-refractivity contribution in [3.8, 4) is 6.07 Å². The third-order valence-electron chi connectivity index (χ3n) is 0.882. The molecule has 46 valence electrons. The van der Waals surface area contributed by atoms with E-state index >= 15 is 0 Å². The van der Waals surface area contributed by atoms with E-state index in [-0.39, 0.29) is 6.73 Å². The molecule has 3 nitrogen and oxygen atoms in total. The quantitative estimate of drug-likeness (QED) is 0.300. The number of quaternary nitrogens is 1. The maximum atomic E-state index is 8.55. The molecule has 0 bridgehead atoms. The lowest BCUT2D eigenvalue weighted by Gasteiger charge is -2.22. The van der Waals surface area contributed by atoms with E-state index < -0.39 is 0 Å². The summed E-state index contributed by atoms with van der Waals surface area (Å²) in [6, 6.07) is 1.97. The Labute approximate surface area is 49.4 Å². The minimum Gasteiger partial charge on any atom is -0.347 e. The predicted molar refractivity (Wildman–Crippen MR) is 29.7 cm³/mol. The smallest absolute Gasteiger partial charge is 0.180 e. The molecule has 0 saturated heterocycles. The Balaban J connectivity index is 3.58. The highest BCUT2D eigenvalue weighted by atomic mass is 16.3. The summed E-state index contributed by atoms with van der Waals surface area (Å²) in [5.41, 5.74) is 0. The second-order valence-corrected chi connectivity index (χ2v) is 2.39. The monoisotopic (exact) mass is 115 g/mol. The van der Waals surface area contributed by atoms with Crippen molar-refractivity contribution in [3.05, 3.63) is 0 Å². The molecule has 0 amide bonds. The van der Waals surface area contributed by atoms with E-state index in [1.807, 2.05) is 6.07 Å². The first-order valence-corrected chi connectivity index (χ1v) is 2.42. The Morgan fingerprint density at radius 1 is 1.62 bits per heavy atom. The number of nitriles is 1. The van der Waals surface area contributed by atoms with Crippen LogP contribution in [0.4, 0.5) is 0 Å². The van der Waals surface area contributed by atoms with Gasteiger partial charge in [-0.15, -0.1) is 0 Å². The first kappa shape index (κ1) is 7.41. The highest BCUT2D eigenvalue weighted by Gasteiger charge is 2.09. The normalized spacial score (nSPS) is 10.8. The number of hydrogen-bond acceptors (Lipinski definition) is 2. The summed E-state index contributed by atoms with van der Waals surface area (Å²) in [4.78, 5) is 0. The Morgan fingerprint density at radius 2 is 2.12 bits per heavy atom. The van der Waals surface area contributed by atoms with E-state index in [0.717, 1.165) is 0 Å². The van der Waals surface area contributed by atoms with Crippen LogP contribution in [0.25, 0.3) is 0 Å². The molecule has 0 aliphatic heterocycles. The van der Waals surface area contributed by atoms with Gasteiger partial charge in [0.05, 0.1) is 14.1 Å². The van der Waals surface area contributed by atoms with E-state index in [0.29, 0.717) is 11.0 Å². The van der Waals surface area contributed by atoms with Crippen molar-refractivity contribution in [2.45, 2.75) is 0 Å². The van der Waals surface area contributed by atoms with E-state index in [4.69, 9.17) is 10.4 Å². The van der Waals surface area contributed by atoms with Crippen LogP contribution in [0.1, 0.15) is 0 Å². The summed E-state index contributed by atoms with van der Waals surface area (Å²) < 4.78 is 0.358. The van der Waals surface area contributed by atoms with Gasteiger partial charge in [0, 0.05) is 0 Å². The van der Waals surface area contributed by atoms with E-state index in [9.17, 15) is 0 Å². The summed E-state index contributed by atoms with van der Waals surface area (Å²) in [6.45, 7) is 0.379. The fourth-order valence-electron chi connectivity index (χ4n) is 0.241. The van der Waals surface area contributed by atoms with Crippen molar-refractivity contribution in [2.24, 2.45) is 0 Å². The van der Waals surface area contributed by atoms with Crippen LogP contribution in [0.5, 0.6) is 0 Å². The molecule has 0 spiro atoms. The van der Waals surface area contributed by atoms with Gasteiger partial charge in [0.2, 0.25) is 0 Å². The fraction of sp³-hybridized carbons (Fsp3) is 0.800. The maximum absolute atomic E-state index is 8.55. The van der Waals surface area contributed by atoms with Gasteiger partial charge in [0.25, 0.3) is 0 Å². The molecule has 0 aliphatic rings. The molecule has 0 aromatic heterocycles. The molecule has 0 radical (unpaired) electrons. The number of hydrogen-bond donors (Lipinski definition) is 1. The van der Waals surface area contributed by atoms with Gasteiger partial charge < -0.3 is 5.11 Å². The molecule has 0 aliphatic carbocycles. The first-order valence-electron chi connectivity index (χ1n) is 2.42. The Bertz CT molecular complexity index is 103.